The predicted molar refractivity (Wildman–Crippen MR) is 170 cm³/mol. The third-order valence-corrected chi connectivity index (χ3v) is 8.75. The maximum atomic E-state index is 13.1. The molecule has 14 heteroatoms. The Morgan fingerprint density at radius 3 is 2.37 bits per heavy atom. The molecule has 3 aromatic rings. The summed E-state index contributed by atoms with van der Waals surface area (Å²) in [7, 11) is -2.73. The molecule has 3 amide bonds. The summed E-state index contributed by atoms with van der Waals surface area (Å²) in [5.41, 5.74) is 0.946. The van der Waals surface area contributed by atoms with E-state index in [1.54, 1.807) is 37.3 Å². The molecule has 1 saturated heterocycles. The Labute approximate surface area is 266 Å². The zero-order chi connectivity index (χ0) is 31.1. The van der Waals surface area contributed by atoms with Crippen molar-refractivity contribution in [2.45, 2.75) is 18.7 Å². The predicted octanol–water partition coefficient (Wildman–Crippen LogP) is 5.54. The summed E-state index contributed by atoms with van der Waals surface area (Å²) in [5, 5.41) is 2.14. The molecule has 0 saturated carbocycles. The zero-order valence-corrected chi connectivity index (χ0v) is 27.1. The first-order chi connectivity index (χ1) is 20.5. The van der Waals surface area contributed by atoms with Gasteiger partial charge in [0.2, 0.25) is 5.91 Å². The summed E-state index contributed by atoms with van der Waals surface area (Å²) in [6.07, 6.45) is 1.54. The highest BCUT2D eigenvalue weighted by Crippen LogP contribution is 2.39. The molecule has 1 aliphatic heterocycles. The number of hydrogen-bond acceptors (Lipinski definition) is 10. The van der Waals surface area contributed by atoms with E-state index in [0.717, 1.165) is 16.7 Å². The van der Waals surface area contributed by atoms with E-state index in [1.807, 2.05) is 22.6 Å². The van der Waals surface area contributed by atoms with E-state index in [-0.39, 0.29) is 47.0 Å². The van der Waals surface area contributed by atoms with E-state index in [1.165, 1.54) is 50.4 Å². The van der Waals surface area contributed by atoms with Crippen molar-refractivity contribution in [3.63, 3.8) is 0 Å². The van der Waals surface area contributed by atoms with E-state index >= 15 is 0 Å². The van der Waals surface area contributed by atoms with Crippen LogP contribution in [0.5, 0.6) is 23.0 Å². The smallest absolute Gasteiger partial charge is 0.339 e. The number of nitrogens with zero attached hydrogens (tertiary/aromatic N) is 1. The Hall–Kier alpha value is -3.76. The number of ether oxygens (including phenoxy) is 3. The Kier molecular flexibility index (Phi) is 10.6. The van der Waals surface area contributed by atoms with Gasteiger partial charge in [0.1, 0.15) is 11.5 Å². The van der Waals surface area contributed by atoms with Gasteiger partial charge in [0.05, 0.1) is 28.7 Å². The minimum Gasteiger partial charge on any atom is -0.493 e. The van der Waals surface area contributed by atoms with Gasteiger partial charge >= 0.3 is 10.1 Å². The number of hydrogen-bond donors (Lipinski definition) is 1. The molecule has 226 valence electrons. The van der Waals surface area contributed by atoms with Gasteiger partial charge < -0.3 is 23.7 Å². The minimum absolute atomic E-state index is 0.0212. The number of anilines is 1. The summed E-state index contributed by atoms with van der Waals surface area (Å²) in [4.78, 5) is 38.1. The molecule has 0 atom stereocenters. The quantitative estimate of drug-likeness (QED) is 0.143. The Morgan fingerprint density at radius 2 is 1.72 bits per heavy atom. The molecule has 1 N–H and O–H groups in total. The highest BCUT2D eigenvalue weighted by atomic mass is 127. The van der Waals surface area contributed by atoms with Crippen LogP contribution >= 0.6 is 34.4 Å². The molecule has 0 radical (unpaired) electrons. The number of halogens is 1. The van der Waals surface area contributed by atoms with Crippen LogP contribution in [-0.2, 0) is 19.7 Å². The standard InChI is InChI=1S/C29H27IN2O9S2/c1-4-39-25-16-19(15-22(30)27(25)41-43(36,37)21-11-9-20(10-12-21)31-18(2)33)17-26-28(34)32(29(35)42-26)13-14-40-24-8-6-5-7-23(24)38-3/h5-12,15-17H,4,13-14H2,1-3H3,(H,31,33)/b26-17-. The molecule has 1 fully saturated rings. The normalized spacial score (nSPS) is 14.1. The van der Waals surface area contributed by atoms with E-state index in [9.17, 15) is 22.8 Å². The summed E-state index contributed by atoms with van der Waals surface area (Å²) < 4.78 is 48.6. The van der Waals surface area contributed by atoms with Crippen LogP contribution in [0.4, 0.5) is 10.5 Å². The van der Waals surface area contributed by atoms with E-state index < -0.39 is 21.3 Å². The van der Waals surface area contributed by atoms with Gasteiger partial charge in [-0.2, -0.15) is 8.42 Å². The van der Waals surface area contributed by atoms with Gasteiger partial charge in [0.25, 0.3) is 11.1 Å². The number of carbonyl (C=O) groups is 3. The fraction of sp³-hybridized carbons (Fsp3) is 0.207. The highest BCUT2D eigenvalue weighted by molar-refractivity contribution is 14.1. The average molecular weight is 739 g/mol. The Balaban J connectivity index is 1.51. The summed E-state index contributed by atoms with van der Waals surface area (Å²) in [6, 6.07) is 15.8. The van der Waals surface area contributed by atoms with Crippen LogP contribution in [0.15, 0.2) is 70.5 Å². The van der Waals surface area contributed by atoms with Crippen molar-refractivity contribution in [3.05, 3.63) is 74.7 Å². The van der Waals surface area contributed by atoms with Crippen molar-refractivity contribution in [2.75, 3.05) is 32.2 Å². The summed E-state index contributed by atoms with van der Waals surface area (Å²) in [5.74, 6) is 0.395. The maximum Gasteiger partial charge on any atom is 0.339 e. The van der Waals surface area contributed by atoms with Crippen molar-refractivity contribution in [3.8, 4) is 23.0 Å². The molecule has 4 rings (SSSR count). The number of carbonyl (C=O) groups excluding carboxylic acids is 3. The Morgan fingerprint density at radius 1 is 1.02 bits per heavy atom. The number of methoxy groups -OCH3 is 1. The number of rotatable bonds is 12. The highest BCUT2D eigenvalue weighted by Gasteiger charge is 2.35. The molecule has 0 spiro atoms. The van der Waals surface area contributed by atoms with Crippen LogP contribution in [0.1, 0.15) is 19.4 Å². The number of thioether (sulfide) groups is 1. The number of amides is 3. The molecule has 0 aliphatic carbocycles. The van der Waals surface area contributed by atoms with E-state index in [0.29, 0.717) is 26.3 Å². The van der Waals surface area contributed by atoms with Gasteiger partial charge in [0, 0.05) is 12.6 Å². The largest absolute Gasteiger partial charge is 0.493 e. The lowest BCUT2D eigenvalue weighted by molar-refractivity contribution is -0.123. The number of nitrogens with one attached hydrogen (secondary N) is 1. The van der Waals surface area contributed by atoms with Gasteiger partial charge in [-0.05, 0) is 101 Å². The second-order valence-electron chi connectivity index (χ2n) is 8.84. The molecule has 1 heterocycles. The third-order valence-electron chi connectivity index (χ3n) is 5.80. The molecule has 43 heavy (non-hydrogen) atoms. The average Bonchev–Trinajstić information content (AvgIpc) is 3.22. The van der Waals surface area contributed by atoms with Crippen molar-refractivity contribution >= 4 is 73.3 Å². The van der Waals surface area contributed by atoms with Crippen LogP contribution < -0.4 is 23.7 Å². The SMILES string of the molecule is CCOc1cc(/C=C2\SC(=O)N(CCOc3ccccc3OC)C2=O)cc(I)c1OS(=O)(=O)c1ccc(NC(C)=O)cc1. The first kappa shape index (κ1) is 32.2. The molecule has 11 nitrogen and oxygen atoms in total. The van der Waals surface area contributed by atoms with Crippen molar-refractivity contribution in [2.24, 2.45) is 0 Å². The number of para-hydroxylation sites is 2. The molecular weight excluding hydrogens is 711 g/mol. The zero-order valence-electron chi connectivity index (χ0n) is 23.3. The maximum absolute atomic E-state index is 13.1. The van der Waals surface area contributed by atoms with Crippen molar-refractivity contribution in [1.82, 2.24) is 4.90 Å². The van der Waals surface area contributed by atoms with Gasteiger partial charge in [0.15, 0.2) is 23.0 Å². The second kappa shape index (κ2) is 14.1. The van der Waals surface area contributed by atoms with Crippen LogP contribution in [0, 0.1) is 3.57 Å². The third kappa shape index (κ3) is 8.00. The van der Waals surface area contributed by atoms with E-state index in [4.69, 9.17) is 18.4 Å². The second-order valence-corrected chi connectivity index (χ2v) is 12.5. The fourth-order valence-electron chi connectivity index (χ4n) is 3.91. The summed E-state index contributed by atoms with van der Waals surface area (Å²) in [6.45, 7) is 3.41. The van der Waals surface area contributed by atoms with Crippen LogP contribution in [0.25, 0.3) is 6.08 Å². The van der Waals surface area contributed by atoms with Crippen molar-refractivity contribution < 1.29 is 41.2 Å². The lowest BCUT2D eigenvalue weighted by Crippen LogP contribution is -2.32. The molecule has 1 aliphatic rings. The minimum atomic E-state index is -4.26. The van der Waals surface area contributed by atoms with Gasteiger partial charge in [-0.3, -0.25) is 19.3 Å². The van der Waals surface area contributed by atoms with E-state index in [2.05, 4.69) is 5.32 Å². The number of imide groups is 1. The molecule has 0 aromatic heterocycles. The molecule has 0 unspecified atom stereocenters. The Bertz CT molecular complexity index is 1680. The summed E-state index contributed by atoms with van der Waals surface area (Å²) >= 11 is 2.71. The van der Waals surface area contributed by atoms with Crippen LogP contribution in [-0.4, -0.2) is 57.2 Å². The van der Waals surface area contributed by atoms with Crippen molar-refractivity contribution in [1.29, 1.82) is 0 Å². The fourth-order valence-corrected chi connectivity index (χ4v) is 6.62. The van der Waals surface area contributed by atoms with Crippen LogP contribution in [0.2, 0.25) is 0 Å². The monoisotopic (exact) mass is 738 g/mol. The van der Waals surface area contributed by atoms with Gasteiger partial charge in [-0.1, -0.05) is 12.1 Å². The molecular formula is C29H27IN2O9S2. The molecule has 0 bridgehead atoms. The first-order valence-electron chi connectivity index (χ1n) is 12.8. The number of benzene rings is 3. The lowest BCUT2D eigenvalue weighted by Gasteiger charge is -2.15. The lowest BCUT2D eigenvalue weighted by atomic mass is 10.2. The topological polar surface area (TPSA) is 138 Å². The first-order valence-corrected chi connectivity index (χ1v) is 16.1. The van der Waals surface area contributed by atoms with Gasteiger partial charge in [-0.15, -0.1) is 0 Å². The molecule has 3 aromatic carbocycles. The van der Waals surface area contributed by atoms with Gasteiger partial charge in [-0.25, -0.2) is 0 Å². The van der Waals surface area contributed by atoms with Crippen LogP contribution in [0.3, 0.4) is 0 Å².